The molecule has 5 aromatic rings. The number of para-hydroxylation sites is 2. The molecule has 3 heterocycles. The predicted molar refractivity (Wildman–Crippen MR) is 146 cm³/mol. The molecule has 0 saturated carbocycles. The van der Waals surface area contributed by atoms with E-state index in [0.29, 0.717) is 36.7 Å². The molecule has 2 aromatic carbocycles. The number of benzene rings is 2. The summed E-state index contributed by atoms with van der Waals surface area (Å²) < 4.78 is 23.9. The van der Waals surface area contributed by atoms with Gasteiger partial charge in [-0.25, -0.2) is 9.78 Å². The third-order valence-electron chi connectivity index (χ3n) is 6.17. The SMILES string of the molecule is COc1ccc(OC)c(-c2cn3c(CCN(Cc4ccco4)C(=O)Nc4ccccc4OC)csc3n2)c1. The van der Waals surface area contributed by atoms with Crippen LogP contribution in [-0.2, 0) is 13.0 Å². The zero-order valence-corrected chi connectivity index (χ0v) is 22.2. The number of urea groups is 1. The van der Waals surface area contributed by atoms with E-state index in [-0.39, 0.29) is 6.03 Å². The first-order valence-electron chi connectivity index (χ1n) is 12.0. The predicted octanol–water partition coefficient (Wildman–Crippen LogP) is 5.96. The molecule has 3 aromatic heterocycles. The van der Waals surface area contributed by atoms with Gasteiger partial charge in [0.05, 0.1) is 45.5 Å². The number of methoxy groups -OCH3 is 3. The van der Waals surface area contributed by atoms with Gasteiger partial charge in [-0.1, -0.05) is 12.1 Å². The summed E-state index contributed by atoms with van der Waals surface area (Å²) in [6.45, 7) is 0.793. The van der Waals surface area contributed by atoms with E-state index in [4.69, 9.17) is 23.6 Å². The standard InChI is InChI=1S/C28H28N4O5S/c1-34-20-10-11-25(35-2)22(15-20)24-17-32-19(18-38-28(32)30-24)12-13-31(16-21-7-6-14-37-21)27(33)29-23-8-4-5-9-26(23)36-3/h4-11,14-15,17-18H,12-13,16H2,1-3H3,(H,29,33). The van der Waals surface area contributed by atoms with Crippen molar-refractivity contribution in [3.05, 3.63) is 83.9 Å². The summed E-state index contributed by atoms with van der Waals surface area (Å²) in [5.74, 6) is 2.74. The van der Waals surface area contributed by atoms with Gasteiger partial charge in [-0.2, -0.15) is 0 Å². The first-order chi connectivity index (χ1) is 18.6. The quantitative estimate of drug-likeness (QED) is 0.239. The van der Waals surface area contributed by atoms with Gasteiger partial charge in [0, 0.05) is 35.8 Å². The zero-order valence-electron chi connectivity index (χ0n) is 21.3. The molecule has 38 heavy (non-hydrogen) atoms. The average molecular weight is 533 g/mol. The molecule has 0 fully saturated rings. The number of nitrogens with zero attached hydrogens (tertiary/aromatic N) is 3. The lowest BCUT2D eigenvalue weighted by Crippen LogP contribution is -2.36. The fourth-order valence-electron chi connectivity index (χ4n) is 4.19. The average Bonchev–Trinajstić information content (AvgIpc) is 3.69. The Balaban J connectivity index is 1.37. The van der Waals surface area contributed by atoms with Crippen molar-refractivity contribution in [2.75, 3.05) is 33.2 Å². The van der Waals surface area contributed by atoms with E-state index in [1.807, 2.05) is 60.8 Å². The maximum atomic E-state index is 13.3. The Bertz CT molecular complexity index is 1530. The Morgan fingerprint density at radius 2 is 1.89 bits per heavy atom. The molecule has 0 atom stereocenters. The van der Waals surface area contributed by atoms with Crippen LogP contribution in [-0.4, -0.2) is 48.2 Å². The minimum Gasteiger partial charge on any atom is -0.497 e. The van der Waals surface area contributed by atoms with Crippen molar-refractivity contribution >= 4 is 28.0 Å². The summed E-state index contributed by atoms with van der Waals surface area (Å²) in [6.07, 6.45) is 4.21. The summed E-state index contributed by atoms with van der Waals surface area (Å²) in [4.78, 5) is 20.7. The number of ether oxygens (including phenoxy) is 3. The van der Waals surface area contributed by atoms with Crippen molar-refractivity contribution in [2.45, 2.75) is 13.0 Å². The topological polar surface area (TPSA) is 90.5 Å². The highest BCUT2D eigenvalue weighted by Crippen LogP contribution is 2.34. The van der Waals surface area contributed by atoms with Gasteiger partial charge in [0.2, 0.25) is 0 Å². The van der Waals surface area contributed by atoms with Crippen molar-refractivity contribution in [1.29, 1.82) is 0 Å². The van der Waals surface area contributed by atoms with Crippen LogP contribution < -0.4 is 19.5 Å². The fraction of sp³-hybridized carbons (Fsp3) is 0.214. The number of furan rings is 1. The number of aromatic nitrogens is 2. The van der Waals surface area contributed by atoms with Gasteiger partial charge in [0.1, 0.15) is 23.0 Å². The molecule has 10 heteroatoms. The highest BCUT2D eigenvalue weighted by Gasteiger charge is 2.19. The van der Waals surface area contributed by atoms with Crippen molar-refractivity contribution in [3.63, 3.8) is 0 Å². The van der Waals surface area contributed by atoms with Gasteiger partial charge in [0.25, 0.3) is 0 Å². The number of carbonyl (C=O) groups is 1. The van der Waals surface area contributed by atoms with Crippen LogP contribution in [0.15, 0.2) is 76.9 Å². The van der Waals surface area contributed by atoms with Gasteiger partial charge in [-0.15, -0.1) is 11.3 Å². The van der Waals surface area contributed by atoms with Crippen LogP contribution in [0.5, 0.6) is 17.2 Å². The van der Waals surface area contributed by atoms with Gasteiger partial charge < -0.3 is 28.8 Å². The summed E-state index contributed by atoms with van der Waals surface area (Å²) in [5.41, 5.74) is 3.29. The molecular formula is C28H28N4O5S. The number of amides is 2. The zero-order chi connectivity index (χ0) is 26.5. The van der Waals surface area contributed by atoms with Gasteiger partial charge in [-0.3, -0.25) is 4.40 Å². The Kier molecular flexibility index (Phi) is 7.50. The molecule has 0 aliphatic heterocycles. The van der Waals surface area contributed by atoms with E-state index < -0.39 is 0 Å². The normalized spacial score (nSPS) is 10.9. The van der Waals surface area contributed by atoms with Crippen LogP contribution >= 0.6 is 11.3 Å². The molecule has 5 rings (SSSR count). The number of hydrogen-bond donors (Lipinski definition) is 1. The minimum atomic E-state index is -0.246. The van der Waals surface area contributed by atoms with Gasteiger partial charge >= 0.3 is 6.03 Å². The number of imidazole rings is 1. The second-order valence-electron chi connectivity index (χ2n) is 8.45. The summed E-state index contributed by atoms with van der Waals surface area (Å²) >= 11 is 1.55. The summed E-state index contributed by atoms with van der Waals surface area (Å²) in [5, 5.41) is 5.04. The molecule has 2 amide bonds. The van der Waals surface area contributed by atoms with Crippen LogP contribution in [0.3, 0.4) is 0 Å². The molecule has 0 aliphatic rings. The second kappa shape index (κ2) is 11.3. The van der Waals surface area contributed by atoms with Gasteiger partial charge in [-0.05, 0) is 42.5 Å². The third kappa shape index (κ3) is 5.30. The number of carbonyl (C=O) groups excluding carboxylic acids is 1. The minimum absolute atomic E-state index is 0.246. The number of nitrogens with one attached hydrogen (secondary N) is 1. The number of hydrogen-bond acceptors (Lipinski definition) is 7. The van der Waals surface area contributed by atoms with Crippen LogP contribution in [0.2, 0.25) is 0 Å². The fourth-order valence-corrected chi connectivity index (χ4v) is 5.10. The number of fused-ring (bicyclic) bond motifs is 1. The maximum Gasteiger partial charge on any atom is 0.322 e. The van der Waals surface area contributed by atoms with Crippen LogP contribution in [0.4, 0.5) is 10.5 Å². The van der Waals surface area contributed by atoms with Crippen molar-refractivity contribution < 1.29 is 23.4 Å². The highest BCUT2D eigenvalue weighted by molar-refractivity contribution is 7.15. The Labute approximate surface area is 224 Å². The van der Waals surface area contributed by atoms with Crippen LogP contribution in [0.1, 0.15) is 11.5 Å². The van der Waals surface area contributed by atoms with Gasteiger partial charge in [0.15, 0.2) is 4.96 Å². The molecule has 9 nitrogen and oxygen atoms in total. The van der Waals surface area contributed by atoms with Crippen molar-refractivity contribution in [2.24, 2.45) is 0 Å². The van der Waals surface area contributed by atoms with E-state index >= 15 is 0 Å². The second-order valence-corrected chi connectivity index (χ2v) is 9.29. The summed E-state index contributed by atoms with van der Waals surface area (Å²) in [6, 6.07) is 16.4. The number of anilines is 1. The third-order valence-corrected chi connectivity index (χ3v) is 7.06. The molecule has 0 aliphatic carbocycles. The molecule has 0 spiro atoms. The molecule has 0 unspecified atom stereocenters. The van der Waals surface area contributed by atoms with E-state index in [0.717, 1.165) is 33.4 Å². The Hall–Kier alpha value is -4.44. The number of thiazole rings is 1. The lowest BCUT2D eigenvalue weighted by Gasteiger charge is -2.22. The van der Waals surface area contributed by atoms with E-state index in [2.05, 4.69) is 15.1 Å². The van der Waals surface area contributed by atoms with Crippen LogP contribution in [0.25, 0.3) is 16.2 Å². The Morgan fingerprint density at radius 3 is 2.66 bits per heavy atom. The first kappa shape index (κ1) is 25.2. The van der Waals surface area contributed by atoms with Crippen molar-refractivity contribution in [3.8, 4) is 28.5 Å². The van der Waals surface area contributed by atoms with Crippen LogP contribution in [0, 0.1) is 0 Å². The molecule has 196 valence electrons. The first-order valence-corrected chi connectivity index (χ1v) is 12.9. The largest absolute Gasteiger partial charge is 0.497 e. The van der Waals surface area contributed by atoms with E-state index in [1.165, 1.54) is 0 Å². The highest BCUT2D eigenvalue weighted by atomic mass is 32.1. The van der Waals surface area contributed by atoms with Crippen molar-refractivity contribution in [1.82, 2.24) is 14.3 Å². The lowest BCUT2D eigenvalue weighted by molar-refractivity contribution is 0.204. The molecular weight excluding hydrogens is 504 g/mol. The molecule has 0 bridgehead atoms. The Morgan fingerprint density at radius 1 is 1.05 bits per heavy atom. The van der Waals surface area contributed by atoms with E-state index in [9.17, 15) is 4.79 Å². The smallest absolute Gasteiger partial charge is 0.322 e. The number of rotatable bonds is 10. The monoisotopic (exact) mass is 532 g/mol. The molecule has 0 saturated heterocycles. The maximum absolute atomic E-state index is 13.3. The van der Waals surface area contributed by atoms with E-state index in [1.54, 1.807) is 43.8 Å². The lowest BCUT2D eigenvalue weighted by atomic mass is 10.1. The molecule has 0 radical (unpaired) electrons. The molecule has 1 N–H and O–H groups in total. The summed E-state index contributed by atoms with van der Waals surface area (Å²) in [7, 11) is 4.85.